The highest BCUT2D eigenvalue weighted by molar-refractivity contribution is 5.97. The molecule has 18 heavy (non-hydrogen) atoms. The maximum absolute atomic E-state index is 8.71. The molecule has 1 aromatic rings. The lowest BCUT2D eigenvalue weighted by atomic mass is 9.93. The number of nitrogens with zero attached hydrogens (tertiary/aromatic N) is 3. The van der Waals surface area contributed by atoms with Crippen molar-refractivity contribution >= 4 is 11.7 Å². The van der Waals surface area contributed by atoms with Crippen LogP contribution in [-0.4, -0.2) is 28.6 Å². The van der Waals surface area contributed by atoms with Gasteiger partial charge in [0.1, 0.15) is 5.82 Å². The van der Waals surface area contributed by atoms with E-state index in [2.05, 4.69) is 28.9 Å². The fraction of sp³-hybridized carbons (Fsp3) is 0.538. The normalized spacial score (nSPS) is 25.2. The van der Waals surface area contributed by atoms with Crippen LogP contribution in [0.1, 0.15) is 32.3 Å². The summed E-state index contributed by atoms with van der Waals surface area (Å²) >= 11 is 0. The zero-order valence-electron chi connectivity index (χ0n) is 10.9. The summed E-state index contributed by atoms with van der Waals surface area (Å²) in [5.41, 5.74) is 6.31. The Hall–Kier alpha value is -1.78. The van der Waals surface area contributed by atoms with E-state index < -0.39 is 0 Å². The number of hydrogen-bond donors (Lipinski definition) is 2. The third-order valence-electron chi connectivity index (χ3n) is 3.58. The van der Waals surface area contributed by atoms with Gasteiger partial charge in [-0.2, -0.15) is 0 Å². The van der Waals surface area contributed by atoms with Crippen molar-refractivity contribution in [3.05, 3.63) is 23.9 Å². The van der Waals surface area contributed by atoms with Gasteiger partial charge in [-0.3, -0.25) is 0 Å². The van der Waals surface area contributed by atoms with Crippen LogP contribution in [0.5, 0.6) is 0 Å². The highest BCUT2D eigenvalue weighted by Gasteiger charge is 2.24. The zero-order valence-corrected chi connectivity index (χ0v) is 10.9. The predicted octanol–water partition coefficient (Wildman–Crippen LogP) is 1.80. The van der Waals surface area contributed by atoms with E-state index in [0.29, 0.717) is 11.6 Å². The quantitative estimate of drug-likeness (QED) is 0.362. The molecule has 1 aliphatic heterocycles. The maximum Gasteiger partial charge on any atom is 0.170 e. The van der Waals surface area contributed by atoms with Gasteiger partial charge in [-0.25, -0.2) is 4.98 Å². The van der Waals surface area contributed by atoms with E-state index in [-0.39, 0.29) is 5.84 Å². The van der Waals surface area contributed by atoms with E-state index in [1.165, 1.54) is 12.8 Å². The second kappa shape index (κ2) is 5.25. The minimum atomic E-state index is 0.122. The molecule has 0 aliphatic carbocycles. The van der Waals surface area contributed by atoms with Gasteiger partial charge < -0.3 is 15.8 Å². The molecule has 3 N–H and O–H groups in total. The molecule has 2 unspecified atom stereocenters. The van der Waals surface area contributed by atoms with Crippen molar-refractivity contribution in [3.63, 3.8) is 0 Å². The monoisotopic (exact) mass is 248 g/mol. The predicted molar refractivity (Wildman–Crippen MR) is 72.0 cm³/mol. The van der Waals surface area contributed by atoms with Crippen molar-refractivity contribution < 1.29 is 5.21 Å². The molecule has 1 aliphatic rings. The molecule has 0 amide bonds. The van der Waals surface area contributed by atoms with E-state index in [1.807, 2.05) is 6.07 Å². The first-order chi connectivity index (χ1) is 8.61. The van der Waals surface area contributed by atoms with E-state index in [1.54, 1.807) is 12.3 Å². The highest BCUT2D eigenvalue weighted by Crippen LogP contribution is 2.26. The van der Waals surface area contributed by atoms with Gasteiger partial charge in [0.05, 0.1) is 0 Å². The number of rotatable bonds is 2. The first kappa shape index (κ1) is 12.7. The second-order valence-corrected chi connectivity index (χ2v) is 5.06. The van der Waals surface area contributed by atoms with Crippen LogP contribution >= 0.6 is 0 Å². The number of aromatic nitrogens is 1. The summed E-state index contributed by atoms with van der Waals surface area (Å²) in [6.07, 6.45) is 4.06. The number of anilines is 1. The summed E-state index contributed by atoms with van der Waals surface area (Å²) in [4.78, 5) is 6.67. The summed E-state index contributed by atoms with van der Waals surface area (Å²) in [5, 5.41) is 11.7. The van der Waals surface area contributed by atoms with Gasteiger partial charge in [-0.05, 0) is 37.8 Å². The largest absolute Gasteiger partial charge is 0.409 e. The Labute approximate surface area is 107 Å². The summed E-state index contributed by atoms with van der Waals surface area (Å²) in [6.45, 7) is 5.51. The lowest BCUT2D eigenvalue weighted by molar-refractivity contribution is 0.318. The number of pyridine rings is 1. The Morgan fingerprint density at radius 3 is 3.00 bits per heavy atom. The number of hydrogen-bond acceptors (Lipinski definition) is 4. The third kappa shape index (κ3) is 2.55. The van der Waals surface area contributed by atoms with Crippen LogP contribution in [0, 0.1) is 5.92 Å². The Balaban J connectivity index is 2.23. The Bertz CT molecular complexity index is 446. The smallest absolute Gasteiger partial charge is 0.170 e. The maximum atomic E-state index is 8.71. The molecule has 2 rings (SSSR count). The van der Waals surface area contributed by atoms with Gasteiger partial charge in [-0.1, -0.05) is 12.1 Å². The topological polar surface area (TPSA) is 74.7 Å². The minimum absolute atomic E-state index is 0.122. The number of piperidine rings is 1. The number of oxime groups is 1. The van der Waals surface area contributed by atoms with Crippen molar-refractivity contribution in [1.82, 2.24) is 4.98 Å². The van der Waals surface area contributed by atoms with Gasteiger partial charge >= 0.3 is 0 Å². The van der Waals surface area contributed by atoms with Crippen LogP contribution in [-0.2, 0) is 0 Å². The first-order valence-electron chi connectivity index (χ1n) is 6.32. The molecular weight excluding hydrogens is 228 g/mol. The fourth-order valence-corrected chi connectivity index (χ4v) is 2.54. The average Bonchev–Trinajstić information content (AvgIpc) is 2.38. The molecule has 0 spiro atoms. The SMILES string of the molecule is CC1CCN(c2cc(C(N)=NO)ccn2)C(C)C1. The van der Waals surface area contributed by atoms with Crippen molar-refractivity contribution in [2.24, 2.45) is 16.8 Å². The average molecular weight is 248 g/mol. The van der Waals surface area contributed by atoms with Crippen LogP contribution in [0.3, 0.4) is 0 Å². The van der Waals surface area contributed by atoms with Gasteiger partial charge in [-0.15, -0.1) is 0 Å². The molecule has 0 saturated carbocycles. The van der Waals surface area contributed by atoms with Crippen LogP contribution < -0.4 is 10.6 Å². The second-order valence-electron chi connectivity index (χ2n) is 5.06. The number of nitrogens with two attached hydrogens (primary N) is 1. The van der Waals surface area contributed by atoms with Crippen LogP contribution in [0.25, 0.3) is 0 Å². The van der Waals surface area contributed by atoms with Gasteiger partial charge in [0, 0.05) is 24.3 Å². The highest BCUT2D eigenvalue weighted by atomic mass is 16.4. The molecule has 2 heterocycles. The molecule has 1 aromatic heterocycles. The van der Waals surface area contributed by atoms with E-state index in [9.17, 15) is 0 Å². The fourth-order valence-electron chi connectivity index (χ4n) is 2.54. The Kier molecular flexibility index (Phi) is 3.69. The van der Waals surface area contributed by atoms with Crippen molar-refractivity contribution in [2.75, 3.05) is 11.4 Å². The molecule has 5 heteroatoms. The van der Waals surface area contributed by atoms with Crippen LogP contribution in [0.15, 0.2) is 23.5 Å². The summed E-state index contributed by atoms with van der Waals surface area (Å²) in [6, 6.07) is 4.10. The summed E-state index contributed by atoms with van der Waals surface area (Å²) < 4.78 is 0. The first-order valence-corrected chi connectivity index (χ1v) is 6.32. The molecule has 2 atom stereocenters. The number of amidine groups is 1. The van der Waals surface area contributed by atoms with E-state index in [4.69, 9.17) is 10.9 Å². The molecule has 0 radical (unpaired) electrons. The summed E-state index contributed by atoms with van der Waals surface area (Å²) in [5.74, 6) is 1.79. The van der Waals surface area contributed by atoms with Crippen LogP contribution in [0.2, 0.25) is 0 Å². The standard InChI is InChI=1S/C13H20N4O/c1-9-4-6-17(10(2)7-9)12-8-11(3-5-15-12)13(14)16-18/h3,5,8-10,18H,4,6-7H2,1-2H3,(H2,14,16). The Morgan fingerprint density at radius 1 is 1.56 bits per heavy atom. The third-order valence-corrected chi connectivity index (χ3v) is 3.58. The molecule has 0 aromatic carbocycles. The lowest BCUT2D eigenvalue weighted by Crippen LogP contribution is -2.40. The van der Waals surface area contributed by atoms with Crippen molar-refractivity contribution in [1.29, 1.82) is 0 Å². The zero-order chi connectivity index (χ0) is 13.1. The summed E-state index contributed by atoms with van der Waals surface area (Å²) in [7, 11) is 0. The van der Waals surface area contributed by atoms with Crippen molar-refractivity contribution in [3.8, 4) is 0 Å². The van der Waals surface area contributed by atoms with Crippen molar-refractivity contribution in [2.45, 2.75) is 32.7 Å². The Morgan fingerprint density at radius 2 is 2.33 bits per heavy atom. The van der Waals surface area contributed by atoms with Gasteiger partial charge in [0.2, 0.25) is 0 Å². The lowest BCUT2D eigenvalue weighted by Gasteiger charge is -2.37. The van der Waals surface area contributed by atoms with Crippen LogP contribution in [0.4, 0.5) is 5.82 Å². The minimum Gasteiger partial charge on any atom is -0.409 e. The molecular formula is C13H20N4O. The molecule has 98 valence electrons. The molecule has 1 saturated heterocycles. The van der Waals surface area contributed by atoms with E-state index >= 15 is 0 Å². The van der Waals surface area contributed by atoms with E-state index in [0.717, 1.165) is 18.3 Å². The molecule has 0 bridgehead atoms. The molecule has 1 fully saturated rings. The van der Waals surface area contributed by atoms with Gasteiger partial charge in [0.15, 0.2) is 5.84 Å². The molecule has 5 nitrogen and oxygen atoms in total. The van der Waals surface area contributed by atoms with Gasteiger partial charge in [0.25, 0.3) is 0 Å².